The molecule has 3 saturated carbocycles. The van der Waals surface area contributed by atoms with E-state index in [1.807, 2.05) is 0 Å². The van der Waals surface area contributed by atoms with Gasteiger partial charge in [0.15, 0.2) is 0 Å². The molecule has 3 fully saturated rings. The maximum atomic E-state index is 2.63. The van der Waals surface area contributed by atoms with E-state index in [0.717, 1.165) is 35.5 Å². The van der Waals surface area contributed by atoms with Crippen LogP contribution < -0.4 is 0 Å². The summed E-state index contributed by atoms with van der Waals surface area (Å²) in [5, 5.41) is 0. The van der Waals surface area contributed by atoms with Crippen molar-refractivity contribution < 1.29 is 0 Å². The number of rotatable bonds is 2. The van der Waals surface area contributed by atoms with E-state index in [9.17, 15) is 0 Å². The van der Waals surface area contributed by atoms with E-state index < -0.39 is 0 Å². The van der Waals surface area contributed by atoms with Gasteiger partial charge in [0.05, 0.1) is 0 Å². The third-order valence-electron chi connectivity index (χ3n) is 9.16. The fourth-order valence-electron chi connectivity index (χ4n) is 7.34. The summed E-state index contributed by atoms with van der Waals surface area (Å²) in [4.78, 5) is 0. The van der Waals surface area contributed by atoms with Gasteiger partial charge in [0.25, 0.3) is 0 Å². The Kier molecular flexibility index (Phi) is 9.54. The highest BCUT2D eigenvalue weighted by Crippen LogP contribution is 2.44. The molecule has 6 unspecified atom stereocenters. The monoisotopic (exact) mass is 374 g/mol. The number of hydrogen-bond donors (Lipinski definition) is 0. The first-order valence-electron chi connectivity index (χ1n) is 13.3. The van der Waals surface area contributed by atoms with Crippen LogP contribution in [0.3, 0.4) is 0 Å². The zero-order valence-corrected chi connectivity index (χ0v) is 18.9. The highest BCUT2D eigenvalue weighted by molar-refractivity contribution is 4.84. The first kappa shape index (κ1) is 21.7. The summed E-state index contributed by atoms with van der Waals surface area (Å²) in [6, 6.07) is 0. The maximum absolute atomic E-state index is 2.63. The molecule has 3 rings (SSSR count). The van der Waals surface area contributed by atoms with Gasteiger partial charge in [-0.3, -0.25) is 0 Å². The van der Waals surface area contributed by atoms with Crippen molar-refractivity contribution in [3.8, 4) is 0 Å². The molecule has 0 amide bonds. The lowest BCUT2D eigenvalue weighted by molar-refractivity contribution is 0.122. The second-order valence-corrected chi connectivity index (χ2v) is 10.9. The quantitative estimate of drug-likeness (QED) is 0.452. The first-order chi connectivity index (χ1) is 13.3. The van der Waals surface area contributed by atoms with E-state index in [4.69, 9.17) is 0 Å². The molecule has 0 aromatic heterocycles. The Balaban J connectivity index is 1.72. The van der Waals surface area contributed by atoms with Crippen molar-refractivity contribution in [2.75, 3.05) is 0 Å². The van der Waals surface area contributed by atoms with Crippen molar-refractivity contribution in [2.45, 2.75) is 136 Å². The van der Waals surface area contributed by atoms with Crippen molar-refractivity contribution in [2.24, 2.45) is 35.5 Å². The van der Waals surface area contributed by atoms with Crippen molar-refractivity contribution in [3.05, 3.63) is 0 Å². The molecule has 0 spiro atoms. The summed E-state index contributed by atoms with van der Waals surface area (Å²) in [6.07, 6.45) is 29.1. The Hall–Kier alpha value is 0. The molecule has 0 bridgehead atoms. The highest BCUT2D eigenvalue weighted by Gasteiger charge is 2.33. The Morgan fingerprint density at radius 2 is 1.07 bits per heavy atom. The van der Waals surface area contributed by atoms with Gasteiger partial charge in [0.2, 0.25) is 0 Å². The van der Waals surface area contributed by atoms with Gasteiger partial charge < -0.3 is 0 Å². The molecular formula is C27H50. The van der Waals surface area contributed by atoms with E-state index in [-0.39, 0.29) is 0 Å². The second kappa shape index (κ2) is 11.9. The molecule has 0 heteroatoms. The zero-order chi connectivity index (χ0) is 18.9. The fourth-order valence-corrected chi connectivity index (χ4v) is 7.34. The average Bonchev–Trinajstić information content (AvgIpc) is 2.76. The fraction of sp³-hybridized carbons (Fsp3) is 1.00. The molecule has 0 aromatic rings. The lowest BCUT2D eigenvalue weighted by Gasteiger charge is -2.38. The van der Waals surface area contributed by atoms with Crippen molar-refractivity contribution >= 4 is 0 Å². The van der Waals surface area contributed by atoms with Gasteiger partial charge in [-0.15, -0.1) is 0 Å². The van der Waals surface area contributed by atoms with Gasteiger partial charge in [-0.2, -0.15) is 0 Å². The summed E-state index contributed by atoms with van der Waals surface area (Å²) in [5.74, 6) is 6.29. The molecule has 0 nitrogen and oxygen atoms in total. The summed E-state index contributed by atoms with van der Waals surface area (Å²) < 4.78 is 0. The van der Waals surface area contributed by atoms with E-state index in [1.165, 1.54) is 83.5 Å². The molecular weight excluding hydrogens is 324 g/mol. The Morgan fingerprint density at radius 1 is 0.519 bits per heavy atom. The van der Waals surface area contributed by atoms with E-state index in [0.29, 0.717) is 0 Å². The minimum atomic E-state index is 0.988. The molecule has 158 valence electrons. The Labute approximate surface area is 171 Å². The maximum Gasteiger partial charge on any atom is -0.0360 e. The standard InChI is InChI=1S/C27H50/c1-3-23-14-11-18-24-16-9-10-17-25(24)21-26(19-12-15-23)27-20-8-6-4-5-7-13-22(27)2/h22-27H,3-21H2,1-2H3. The minimum absolute atomic E-state index is 0.988. The van der Waals surface area contributed by atoms with Crippen LogP contribution >= 0.6 is 0 Å². The lowest BCUT2D eigenvalue weighted by Crippen LogP contribution is -2.28. The normalized spacial score (nSPS) is 40.7. The van der Waals surface area contributed by atoms with Gasteiger partial charge in [0, 0.05) is 0 Å². The molecule has 0 N–H and O–H groups in total. The Bertz CT molecular complexity index is 385. The molecule has 6 atom stereocenters. The largest absolute Gasteiger partial charge is 0.0651 e. The summed E-state index contributed by atoms with van der Waals surface area (Å²) in [5.41, 5.74) is 0. The molecule has 0 radical (unpaired) electrons. The van der Waals surface area contributed by atoms with Crippen LogP contribution in [0.5, 0.6) is 0 Å². The van der Waals surface area contributed by atoms with Gasteiger partial charge in [-0.1, -0.05) is 123 Å². The van der Waals surface area contributed by atoms with Gasteiger partial charge in [-0.05, 0) is 48.3 Å². The number of hydrogen-bond acceptors (Lipinski definition) is 0. The second-order valence-electron chi connectivity index (χ2n) is 10.9. The van der Waals surface area contributed by atoms with E-state index in [1.54, 1.807) is 38.5 Å². The molecule has 3 aliphatic rings. The average molecular weight is 375 g/mol. The van der Waals surface area contributed by atoms with Crippen molar-refractivity contribution in [1.29, 1.82) is 0 Å². The van der Waals surface area contributed by atoms with Crippen LogP contribution in [0.15, 0.2) is 0 Å². The lowest BCUT2D eigenvalue weighted by atomic mass is 9.67. The molecule has 3 aliphatic carbocycles. The summed E-state index contributed by atoms with van der Waals surface area (Å²) >= 11 is 0. The molecule has 0 saturated heterocycles. The summed E-state index contributed by atoms with van der Waals surface area (Å²) in [7, 11) is 0. The highest BCUT2D eigenvalue weighted by atomic mass is 14.4. The minimum Gasteiger partial charge on any atom is -0.0651 e. The third-order valence-corrected chi connectivity index (χ3v) is 9.16. The van der Waals surface area contributed by atoms with Crippen LogP contribution in [0.1, 0.15) is 136 Å². The summed E-state index contributed by atoms with van der Waals surface area (Å²) in [6.45, 7) is 5.08. The van der Waals surface area contributed by atoms with Crippen molar-refractivity contribution in [3.63, 3.8) is 0 Å². The smallest absolute Gasteiger partial charge is 0.0360 e. The van der Waals surface area contributed by atoms with Gasteiger partial charge >= 0.3 is 0 Å². The van der Waals surface area contributed by atoms with Crippen LogP contribution in [0.4, 0.5) is 0 Å². The molecule has 0 heterocycles. The van der Waals surface area contributed by atoms with Gasteiger partial charge in [0.1, 0.15) is 0 Å². The zero-order valence-electron chi connectivity index (χ0n) is 18.9. The van der Waals surface area contributed by atoms with Crippen LogP contribution in [0.2, 0.25) is 0 Å². The molecule has 0 aromatic carbocycles. The van der Waals surface area contributed by atoms with Gasteiger partial charge in [-0.25, -0.2) is 0 Å². The van der Waals surface area contributed by atoms with E-state index in [2.05, 4.69) is 13.8 Å². The van der Waals surface area contributed by atoms with E-state index >= 15 is 0 Å². The van der Waals surface area contributed by atoms with Crippen LogP contribution in [-0.4, -0.2) is 0 Å². The van der Waals surface area contributed by atoms with Crippen molar-refractivity contribution in [1.82, 2.24) is 0 Å². The predicted octanol–water partition coefficient (Wildman–Crippen LogP) is 9.18. The predicted molar refractivity (Wildman–Crippen MR) is 120 cm³/mol. The Morgan fingerprint density at radius 3 is 1.81 bits per heavy atom. The SMILES string of the molecule is CCC1CCCC2CCCCC2CC(C2CCCCCCCC2C)CCC1. The topological polar surface area (TPSA) is 0 Å². The van der Waals surface area contributed by atoms with Crippen LogP contribution in [0.25, 0.3) is 0 Å². The van der Waals surface area contributed by atoms with Crippen LogP contribution in [-0.2, 0) is 0 Å². The number of fused-ring (bicyclic) bond motifs is 1. The third kappa shape index (κ3) is 6.78. The first-order valence-corrected chi connectivity index (χ1v) is 13.3. The van der Waals surface area contributed by atoms with Crippen LogP contribution in [0, 0.1) is 35.5 Å². The molecule has 0 aliphatic heterocycles. The molecule has 27 heavy (non-hydrogen) atoms.